The SMILES string of the molecule is COc1ccc(CN2C(=O)C3CCCN3C2=O)cc1NC(=O)COc1ccccc1OC. The monoisotopic (exact) mass is 439 g/mol. The number of carbonyl (C=O) groups is 3. The Morgan fingerprint density at radius 1 is 1.06 bits per heavy atom. The molecular weight excluding hydrogens is 414 g/mol. The van der Waals surface area contributed by atoms with Crippen LogP contribution in [0.25, 0.3) is 0 Å². The molecule has 0 aliphatic carbocycles. The standard InChI is InChI=1S/C23H25N3O6/c1-30-18-10-9-15(13-26-22(28)17-6-5-11-25(17)23(26)29)12-16(18)24-21(27)14-32-20-8-4-3-7-19(20)31-2/h3-4,7-10,12,17H,5-6,11,13-14H2,1-2H3,(H,24,27). The first-order valence-corrected chi connectivity index (χ1v) is 10.4. The van der Waals surface area contributed by atoms with Crippen LogP contribution in [-0.4, -0.2) is 61.1 Å². The van der Waals surface area contributed by atoms with E-state index in [-0.39, 0.29) is 37.0 Å². The lowest BCUT2D eigenvalue weighted by atomic mass is 10.1. The maximum Gasteiger partial charge on any atom is 0.327 e. The third-order valence-corrected chi connectivity index (χ3v) is 5.59. The third-order valence-electron chi connectivity index (χ3n) is 5.59. The average Bonchev–Trinajstić information content (AvgIpc) is 3.38. The number of rotatable bonds is 8. The van der Waals surface area contributed by atoms with Crippen LogP contribution in [-0.2, 0) is 16.1 Å². The number of nitrogens with zero attached hydrogens (tertiary/aromatic N) is 2. The Morgan fingerprint density at radius 2 is 1.81 bits per heavy atom. The summed E-state index contributed by atoms with van der Waals surface area (Å²) < 4.78 is 16.1. The van der Waals surface area contributed by atoms with E-state index in [1.54, 1.807) is 41.3 Å². The number of anilines is 1. The first kappa shape index (κ1) is 21.5. The molecule has 2 fully saturated rings. The van der Waals surface area contributed by atoms with E-state index in [0.717, 1.165) is 6.42 Å². The second-order valence-corrected chi connectivity index (χ2v) is 7.58. The first-order valence-electron chi connectivity index (χ1n) is 10.4. The van der Waals surface area contributed by atoms with Gasteiger partial charge in [0, 0.05) is 6.54 Å². The lowest BCUT2D eigenvalue weighted by Crippen LogP contribution is -2.32. The highest BCUT2D eigenvalue weighted by molar-refractivity contribution is 6.04. The van der Waals surface area contributed by atoms with Gasteiger partial charge in [0.15, 0.2) is 18.1 Å². The zero-order valence-corrected chi connectivity index (χ0v) is 18.0. The van der Waals surface area contributed by atoms with E-state index in [1.807, 2.05) is 6.07 Å². The Labute approximate surface area is 185 Å². The zero-order valence-electron chi connectivity index (χ0n) is 18.0. The minimum absolute atomic E-state index is 0.134. The largest absolute Gasteiger partial charge is 0.495 e. The molecule has 1 unspecified atom stereocenters. The lowest BCUT2D eigenvalue weighted by molar-refractivity contribution is -0.128. The molecule has 0 aromatic heterocycles. The topological polar surface area (TPSA) is 97.4 Å². The number of hydrogen-bond acceptors (Lipinski definition) is 6. The summed E-state index contributed by atoms with van der Waals surface area (Å²) in [4.78, 5) is 40.6. The van der Waals surface area contributed by atoms with Crippen molar-refractivity contribution in [3.63, 3.8) is 0 Å². The number of para-hydroxylation sites is 2. The van der Waals surface area contributed by atoms with E-state index in [1.165, 1.54) is 19.1 Å². The summed E-state index contributed by atoms with van der Waals surface area (Å²) in [6.07, 6.45) is 1.56. The third kappa shape index (κ3) is 4.18. The van der Waals surface area contributed by atoms with Crippen LogP contribution < -0.4 is 19.5 Å². The normalized spacial score (nSPS) is 17.4. The molecule has 0 saturated carbocycles. The van der Waals surface area contributed by atoms with Gasteiger partial charge in [-0.1, -0.05) is 18.2 Å². The number of nitrogens with one attached hydrogen (secondary N) is 1. The number of hydrogen-bond donors (Lipinski definition) is 1. The molecule has 9 heteroatoms. The van der Waals surface area contributed by atoms with Crippen LogP contribution in [0, 0.1) is 0 Å². The fourth-order valence-electron chi connectivity index (χ4n) is 4.03. The van der Waals surface area contributed by atoms with Gasteiger partial charge in [-0.3, -0.25) is 14.5 Å². The van der Waals surface area contributed by atoms with Gasteiger partial charge in [0.1, 0.15) is 11.8 Å². The Hall–Kier alpha value is -3.75. The number of fused-ring (bicyclic) bond motifs is 1. The molecule has 0 radical (unpaired) electrons. The maximum absolute atomic E-state index is 12.6. The smallest absolute Gasteiger partial charge is 0.327 e. The van der Waals surface area contributed by atoms with Crippen molar-refractivity contribution in [3.8, 4) is 17.2 Å². The fourth-order valence-corrected chi connectivity index (χ4v) is 4.03. The van der Waals surface area contributed by atoms with Crippen LogP contribution in [0.15, 0.2) is 42.5 Å². The van der Waals surface area contributed by atoms with Crippen molar-refractivity contribution >= 4 is 23.5 Å². The summed E-state index contributed by atoms with van der Waals surface area (Å²) in [5.41, 5.74) is 1.13. The molecule has 2 aromatic rings. The molecule has 0 bridgehead atoms. The molecule has 32 heavy (non-hydrogen) atoms. The van der Waals surface area contributed by atoms with Crippen LogP contribution in [0.3, 0.4) is 0 Å². The predicted octanol–water partition coefficient (Wildman–Crippen LogP) is 2.65. The molecule has 2 aliphatic rings. The molecule has 2 saturated heterocycles. The Bertz CT molecular complexity index is 1020. The van der Waals surface area contributed by atoms with Gasteiger partial charge in [-0.15, -0.1) is 0 Å². The van der Waals surface area contributed by atoms with Gasteiger partial charge in [-0.2, -0.15) is 0 Å². The van der Waals surface area contributed by atoms with Gasteiger partial charge in [-0.05, 0) is 42.7 Å². The van der Waals surface area contributed by atoms with Gasteiger partial charge in [0.2, 0.25) is 0 Å². The predicted molar refractivity (Wildman–Crippen MR) is 116 cm³/mol. The van der Waals surface area contributed by atoms with Crippen LogP contribution in [0.4, 0.5) is 10.5 Å². The van der Waals surface area contributed by atoms with Crippen molar-refractivity contribution in [2.24, 2.45) is 0 Å². The van der Waals surface area contributed by atoms with Gasteiger partial charge < -0.3 is 24.4 Å². The number of imide groups is 1. The maximum atomic E-state index is 12.6. The average molecular weight is 439 g/mol. The molecule has 168 valence electrons. The number of ether oxygens (including phenoxy) is 3. The van der Waals surface area contributed by atoms with E-state index in [4.69, 9.17) is 14.2 Å². The number of methoxy groups -OCH3 is 2. The van der Waals surface area contributed by atoms with E-state index < -0.39 is 0 Å². The highest BCUT2D eigenvalue weighted by atomic mass is 16.5. The zero-order chi connectivity index (χ0) is 22.7. The van der Waals surface area contributed by atoms with Crippen molar-refractivity contribution in [1.82, 2.24) is 9.80 Å². The second kappa shape index (κ2) is 9.17. The summed E-state index contributed by atoms with van der Waals surface area (Å²) >= 11 is 0. The molecule has 1 atom stereocenters. The van der Waals surface area contributed by atoms with Crippen LogP contribution in [0.1, 0.15) is 18.4 Å². The number of urea groups is 1. The van der Waals surface area contributed by atoms with Crippen molar-refractivity contribution in [2.45, 2.75) is 25.4 Å². The van der Waals surface area contributed by atoms with Crippen LogP contribution in [0.2, 0.25) is 0 Å². The molecule has 2 heterocycles. The summed E-state index contributed by atoms with van der Waals surface area (Å²) in [5.74, 6) is 0.885. The first-order chi connectivity index (χ1) is 15.5. The summed E-state index contributed by atoms with van der Waals surface area (Å²) in [7, 11) is 3.02. The quantitative estimate of drug-likeness (QED) is 0.635. The number of amides is 4. The summed E-state index contributed by atoms with van der Waals surface area (Å²) in [6, 6.07) is 11.6. The number of carbonyl (C=O) groups excluding carboxylic acids is 3. The molecule has 9 nitrogen and oxygen atoms in total. The van der Waals surface area contributed by atoms with Crippen molar-refractivity contribution in [3.05, 3.63) is 48.0 Å². The molecule has 4 amide bonds. The van der Waals surface area contributed by atoms with Crippen molar-refractivity contribution < 1.29 is 28.6 Å². The van der Waals surface area contributed by atoms with E-state index >= 15 is 0 Å². The molecule has 2 aliphatic heterocycles. The van der Waals surface area contributed by atoms with Crippen LogP contribution >= 0.6 is 0 Å². The molecule has 1 N–H and O–H groups in total. The molecular formula is C23H25N3O6. The van der Waals surface area contributed by atoms with E-state index in [0.29, 0.717) is 41.5 Å². The fraction of sp³-hybridized carbons (Fsp3) is 0.348. The van der Waals surface area contributed by atoms with Gasteiger partial charge >= 0.3 is 6.03 Å². The van der Waals surface area contributed by atoms with Gasteiger partial charge in [0.05, 0.1) is 26.5 Å². The van der Waals surface area contributed by atoms with Crippen LogP contribution in [0.5, 0.6) is 17.2 Å². The minimum Gasteiger partial charge on any atom is -0.495 e. The molecule has 2 aromatic carbocycles. The highest BCUT2D eigenvalue weighted by Gasteiger charge is 2.47. The molecule has 4 rings (SSSR count). The Morgan fingerprint density at radius 3 is 2.53 bits per heavy atom. The number of benzene rings is 2. The van der Waals surface area contributed by atoms with Gasteiger partial charge in [0.25, 0.3) is 11.8 Å². The van der Waals surface area contributed by atoms with Gasteiger partial charge in [-0.25, -0.2) is 4.79 Å². The van der Waals surface area contributed by atoms with Crippen molar-refractivity contribution in [1.29, 1.82) is 0 Å². The second-order valence-electron chi connectivity index (χ2n) is 7.58. The molecule has 0 spiro atoms. The summed E-state index contributed by atoms with van der Waals surface area (Å²) in [5, 5.41) is 2.77. The van der Waals surface area contributed by atoms with E-state index in [9.17, 15) is 14.4 Å². The van der Waals surface area contributed by atoms with Crippen molar-refractivity contribution in [2.75, 3.05) is 32.7 Å². The van der Waals surface area contributed by atoms with E-state index in [2.05, 4.69) is 5.32 Å². The Kier molecular flexibility index (Phi) is 6.16. The lowest BCUT2D eigenvalue weighted by Gasteiger charge is -2.17. The Balaban J connectivity index is 1.43. The minimum atomic E-state index is -0.389. The highest BCUT2D eigenvalue weighted by Crippen LogP contribution is 2.31. The summed E-state index contributed by atoms with van der Waals surface area (Å²) in [6.45, 7) is 0.518.